The lowest BCUT2D eigenvalue weighted by molar-refractivity contribution is 0.0524. The maximum atomic E-state index is 11.3. The van der Waals surface area contributed by atoms with Crippen LogP contribution in [0.25, 0.3) is 0 Å². The van der Waals surface area contributed by atoms with Gasteiger partial charge in [0.1, 0.15) is 0 Å². The van der Waals surface area contributed by atoms with Gasteiger partial charge in [0.2, 0.25) is 5.91 Å². The van der Waals surface area contributed by atoms with Crippen LogP contribution >= 0.6 is 12.4 Å². The third-order valence-corrected chi connectivity index (χ3v) is 4.82. The van der Waals surface area contributed by atoms with E-state index in [9.17, 15) is 4.79 Å². The molecule has 1 aliphatic carbocycles. The highest BCUT2D eigenvalue weighted by molar-refractivity contribution is 5.92. The molecule has 1 heterocycles. The Morgan fingerprint density at radius 1 is 1.39 bits per heavy atom. The third kappa shape index (κ3) is 4.67. The molecule has 1 aliphatic heterocycles. The summed E-state index contributed by atoms with van der Waals surface area (Å²) in [5.41, 5.74) is 7.02. The van der Waals surface area contributed by atoms with Crippen molar-refractivity contribution < 1.29 is 9.53 Å². The van der Waals surface area contributed by atoms with E-state index in [0.717, 1.165) is 31.9 Å². The number of benzene rings is 1. The lowest BCUT2D eigenvalue weighted by Crippen LogP contribution is -2.50. The summed E-state index contributed by atoms with van der Waals surface area (Å²) in [7, 11) is 0. The second kappa shape index (κ2) is 8.64. The number of primary amides is 1. The number of amides is 1. The summed E-state index contributed by atoms with van der Waals surface area (Å²) in [5, 5.41) is 7.25. The molecule has 4 N–H and O–H groups in total. The second-order valence-corrected chi connectivity index (χ2v) is 6.28. The van der Waals surface area contributed by atoms with Crippen molar-refractivity contribution in [2.24, 2.45) is 11.7 Å². The average molecular weight is 340 g/mol. The molecule has 2 aliphatic rings. The lowest BCUT2D eigenvalue weighted by Gasteiger charge is -2.33. The minimum atomic E-state index is -0.371. The van der Waals surface area contributed by atoms with Crippen molar-refractivity contribution in [1.82, 2.24) is 10.6 Å². The zero-order valence-corrected chi connectivity index (χ0v) is 14.1. The Kier molecular flexibility index (Phi) is 6.84. The maximum Gasteiger partial charge on any atom is 0.248 e. The smallest absolute Gasteiger partial charge is 0.248 e. The first-order valence-corrected chi connectivity index (χ1v) is 8.17. The van der Waals surface area contributed by atoms with Crippen LogP contribution in [0, 0.1) is 5.92 Å². The number of ether oxygens (including phenoxy) is 1. The van der Waals surface area contributed by atoms with E-state index < -0.39 is 0 Å². The molecule has 3 unspecified atom stereocenters. The Morgan fingerprint density at radius 3 is 3.00 bits per heavy atom. The SMILES string of the molecule is Cl.NC(=O)c1cccc(CNC2CCCC2C2COCCN2)c1. The van der Waals surface area contributed by atoms with E-state index >= 15 is 0 Å². The predicted octanol–water partition coefficient (Wildman–Crippen LogP) is 1.45. The predicted molar refractivity (Wildman–Crippen MR) is 92.8 cm³/mol. The molecule has 2 fully saturated rings. The molecule has 0 aromatic heterocycles. The molecule has 0 radical (unpaired) electrons. The number of halogens is 1. The summed E-state index contributed by atoms with van der Waals surface area (Å²) < 4.78 is 5.61. The van der Waals surface area contributed by atoms with Crippen LogP contribution in [0.1, 0.15) is 35.2 Å². The molecule has 1 saturated heterocycles. The number of hydrogen-bond donors (Lipinski definition) is 3. The van der Waals surface area contributed by atoms with Gasteiger partial charge in [-0.25, -0.2) is 0 Å². The molecular weight excluding hydrogens is 314 g/mol. The molecule has 1 aromatic rings. The summed E-state index contributed by atoms with van der Waals surface area (Å²) in [6.45, 7) is 3.37. The number of carbonyl (C=O) groups is 1. The molecule has 3 atom stereocenters. The topological polar surface area (TPSA) is 76.4 Å². The fraction of sp³-hybridized carbons (Fsp3) is 0.588. The van der Waals surface area contributed by atoms with Gasteiger partial charge in [-0.1, -0.05) is 18.6 Å². The number of carbonyl (C=O) groups excluding carboxylic acids is 1. The van der Waals surface area contributed by atoms with Crippen LogP contribution in [-0.4, -0.2) is 37.7 Å². The monoisotopic (exact) mass is 339 g/mol. The van der Waals surface area contributed by atoms with Crippen molar-refractivity contribution in [2.75, 3.05) is 19.8 Å². The largest absolute Gasteiger partial charge is 0.379 e. The highest BCUT2D eigenvalue weighted by Gasteiger charge is 2.34. The summed E-state index contributed by atoms with van der Waals surface area (Å²) in [6, 6.07) is 8.53. The van der Waals surface area contributed by atoms with E-state index in [0.29, 0.717) is 23.6 Å². The van der Waals surface area contributed by atoms with Gasteiger partial charge >= 0.3 is 0 Å². The van der Waals surface area contributed by atoms with Gasteiger partial charge in [-0.2, -0.15) is 0 Å². The van der Waals surface area contributed by atoms with Gasteiger partial charge in [-0.05, 0) is 36.5 Å². The zero-order valence-electron chi connectivity index (χ0n) is 13.3. The number of nitrogens with one attached hydrogen (secondary N) is 2. The fourth-order valence-corrected chi connectivity index (χ4v) is 3.67. The van der Waals surface area contributed by atoms with Crippen molar-refractivity contribution in [3.8, 4) is 0 Å². The van der Waals surface area contributed by atoms with E-state index in [2.05, 4.69) is 10.6 Å². The van der Waals surface area contributed by atoms with Gasteiger partial charge in [-0.15, -0.1) is 12.4 Å². The van der Waals surface area contributed by atoms with Crippen molar-refractivity contribution >= 4 is 18.3 Å². The molecular formula is C17H26ClN3O2. The third-order valence-electron chi connectivity index (χ3n) is 4.82. The van der Waals surface area contributed by atoms with Crippen molar-refractivity contribution in [1.29, 1.82) is 0 Å². The van der Waals surface area contributed by atoms with Crippen LogP contribution < -0.4 is 16.4 Å². The number of nitrogens with two attached hydrogens (primary N) is 1. The van der Waals surface area contributed by atoms with Gasteiger partial charge < -0.3 is 21.1 Å². The second-order valence-electron chi connectivity index (χ2n) is 6.28. The van der Waals surface area contributed by atoms with E-state index in [1.807, 2.05) is 18.2 Å². The Morgan fingerprint density at radius 2 is 2.26 bits per heavy atom. The molecule has 3 rings (SSSR count). The Balaban J connectivity index is 0.00000192. The van der Waals surface area contributed by atoms with Crippen LogP contribution in [0.4, 0.5) is 0 Å². The Labute approximate surface area is 143 Å². The average Bonchev–Trinajstić information content (AvgIpc) is 3.02. The van der Waals surface area contributed by atoms with Gasteiger partial charge in [0.15, 0.2) is 0 Å². The summed E-state index contributed by atoms with van der Waals surface area (Å²) in [5.74, 6) is 0.253. The summed E-state index contributed by atoms with van der Waals surface area (Å²) >= 11 is 0. The van der Waals surface area contributed by atoms with E-state index in [4.69, 9.17) is 10.5 Å². The minimum Gasteiger partial charge on any atom is -0.379 e. The molecule has 128 valence electrons. The fourth-order valence-electron chi connectivity index (χ4n) is 3.67. The summed E-state index contributed by atoms with van der Waals surface area (Å²) in [4.78, 5) is 11.3. The minimum absolute atomic E-state index is 0. The van der Waals surface area contributed by atoms with Gasteiger partial charge in [-0.3, -0.25) is 4.79 Å². The Bertz CT molecular complexity index is 520. The molecule has 6 heteroatoms. The van der Waals surface area contributed by atoms with E-state index in [1.165, 1.54) is 19.3 Å². The van der Waals surface area contributed by atoms with Crippen LogP contribution in [0.15, 0.2) is 24.3 Å². The molecule has 1 aromatic carbocycles. The number of rotatable bonds is 5. The van der Waals surface area contributed by atoms with Crippen LogP contribution in [0.2, 0.25) is 0 Å². The van der Waals surface area contributed by atoms with Crippen LogP contribution in [0.5, 0.6) is 0 Å². The van der Waals surface area contributed by atoms with E-state index in [1.54, 1.807) is 6.07 Å². The quantitative estimate of drug-likeness (QED) is 0.759. The molecule has 23 heavy (non-hydrogen) atoms. The first kappa shape index (κ1) is 18.2. The normalized spacial score (nSPS) is 27.4. The highest BCUT2D eigenvalue weighted by Crippen LogP contribution is 2.29. The Hall–Kier alpha value is -1.14. The first-order chi connectivity index (χ1) is 10.7. The van der Waals surface area contributed by atoms with Gasteiger partial charge in [0, 0.05) is 30.7 Å². The number of morpholine rings is 1. The number of hydrogen-bond acceptors (Lipinski definition) is 4. The van der Waals surface area contributed by atoms with Crippen molar-refractivity contribution in [3.05, 3.63) is 35.4 Å². The molecule has 1 amide bonds. The van der Waals surface area contributed by atoms with Gasteiger partial charge in [0.05, 0.1) is 13.2 Å². The van der Waals surface area contributed by atoms with Crippen LogP contribution in [0.3, 0.4) is 0 Å². The van der Waals surface area contributed by atoms with E-state index in [-0.39, 0.29) is 18.3 Å². The maximum absolute atomic E-state index is 11.3. The molecule has 0 spiro atoms. The first-order valence-electron chi connectivity index (χ1n) is 8.17. The van der Waals surface area contributed by atoms with Gasteiger partial charge in [0.25, 0.3) is 0 Å². The lowest BCUT2D eigenvalue weighted by atomic mass is 9.94. The van der Waals surface area contributed by atoms with Crippen molar-refractivity contribution in [2.45, 2.75) is 37.9 Å². The highest BCUT2D eigenvalue weighted by atomic mass is 35.5. The molecule has 0 bridgehead atoms. The zero-order chi connectivity index (χ0) is 15.4. The van der Waals surface area contributed by atoms with Crippen molar-refractivity contribution in [3.63, 3.8) is 0 Å². The standard InChI is InChI=1S/C17H25N3O2.ClH/c18-17(21)13-4-1-3-12(9-13)10-20-15-6-2-5-14(15)16-11-22-8-7-19-16;/h1,3-4,9,14-16,19-20H,2,5-8,10-11H2,(H2,18,21);1H. The molecule has 5 nitrogen and oxygen atoms in total. The summed E-state index contributed by atoms with van der Waals surface area (Å²) in [6.07, 6.45) is 3.72. The van der Waals surface area contributed by atoms with Crippen LogP contribution in [-0.2, 0) is 11.3 Å². The molecule has 1 saturated carbocycles.